The Morgan fingerprint density at radius 2 is 1.80 bits per heavy atom. The van der Waals surface area contributed by atoms with Crippen LogP contribution in [-0.4, -0.2) is 9.97 Å². The predicted octanol–water partition coefficient (Wildman–Crippen LogP) is 7.20. The van der Waals surface area contributed by atoms with E-state index in [0.717, 1.165) is 41.3 Å². The first kappa shape index (κ1) is 19.2. The Balaban J connectivity index is 1.52. The van der Waals surface area contributed by atoms with E-state index in [1.54, 1.807) is 17.7 Å². The van der Waals surface area contributed by atoms with E-state index in [4.69, 9.17) is 11.6 Å². The molecule has 0 aliphatic carbocycles. The number of aromatic nitrogens is 2. The van der Waals surface area contributed by atoms with Crippen LogP contribution in [0, 0.1) is 0 Å². The van der Waals surface area contributed by atoms with E-state index in [9.17, 15) is 0 Å². The first-order chi connectivity index (χ1) is 14.7. The number of aromatic amines is 1. The molecule has 0 unspecified atom stereocenters. The van der Waals surface area contributed by atoms with Gasteiger partial charge in [-0.3, -0.25) is 0 Å². The zero-order valence-corrected chi connectivity index (χ0v) is 18.3. The van der Waals surface area contributed by atoms with Crippen molar-refractivity contribution in [2.24, 2.45) is 0 Å². The van der Waals surface area contributed by atoms with Gasteiger partial charge in [0, 0.05) is 28.5 Å². The summed E-state index contributed by atoms with van der Waals surface area (Å²) in [5.74, 6) is 0. The monoisotopic (exact) mass is 431 g/mol. The summed E-state index contributed by atoms with van der Waals surface area (Å²) < 4.78 is 1.27. The van der Waals surface area contributed by atoms with E-state index in [-0.39, 0.29) is 0 Å². The fourth-order valence-electron chi connectivity index (χ4n) is 3.84. The minimum Gasteiger partial charge on any atom is -0.363 e. The van der Waals surface area contributed by atoms with Crippen LogP contribution in [0.3, 0.4) is 0 Å². The largest absolute Gasteiger partial charge is 0.363 e. The molecule has 0 radical (unpaired) electrons. The number of fused-ring (bicyclic) bond motifs is 2. The van der Waals surface area contributed by atoms with Gasteiger partial charge in [0.15, 0.2) is 0 Å². The summed E-state index contributed by atoms with van der Waals surface area (Å²) in [6.45, 7) is 3.83. The fraction of sp³-hybridized carbons (Fsp3) is 0.160. The molecule has 0 aliphatic heterocycles. The van der Waals surface area contributed by atoms with Gasteiger partial charge in [-0.1, -0.05) is 42.8 Å². The van der Waals surface area contributed by atoms with Gasteiger partial charge >= 0.3 is 0 Å². The normalized spacial score (nSPS) is 11.4. The second kappa shape index (κ2) is 8.13. The van der Waals surface area contributed by atoms with Crippen molar-refractivity contribution in [1.82, 2.24) is 9.97 Å². The highest BCUT2D eigenvalue weighted by atomic mass is 35.5. The van der Waals surface area contributed by atoms with E-state index in [0.29, 0.717) is 0 Å². The molecule has 2 heterocycles. The molecule has 150 valence electrons. The molecule has 0 fully saturated rings. The maximum atomic E-state index is 6.29. The maximum Gasteiger partial charge on any atom is 0.0931 e. The maximum absolute atomic E-state index is 6.29. The highest BCUT2D eigenvalue weighted by Gasteiger charge is 2.13. The van der Waals surface area contributed by atoms with E-state index in [1.165, 1.54) is 26.8 Å². The molecule has 0 spiro atoms. The molecule has 0 saturated carbocycles. The average molecular weight is 432 g/mol. The van der Waals surface area contributed by atoms with Crippen LogP contribution in [0.1, 0.15) is 23.6 Å². The number of thiophene rings is 1. The Bertz CT molecular complexity index is 1300. The molecule has 1 N–H and O–H groups in total. The number of rotatable bonds is 6. The Labute approximate surface area is 185 Å². The fourth-order valence-corrected chi connectivity index (χ4v) is 4.94. The Hall–Kier alpha value is -2.82. The molecule has 5 heteroatoms. The smallest absolute Gasteiger partial charge is 0.0931 e. The molecule has 30 heavy (non-hydrogen) atoms. The molecule has 5 aromatic rings. The second-order valence-corrected chi connectivity index (χ2v) is 8.88. The molecule has 0 saturated heterocycles. The van der Waals surface area contributed by atoms with Gasteiger partial charge < -0.3 is 9.88 Å². The number of hydrogen-bond donors (Lipinski definition) is 1. The third-order valence-corrected chi connectivity index (χ3v) is 6.80. The summed E-state index contributed by atoms with van der Waals surface area (Å²) in [7, 11) is 0. The van der Waals surface area contributed by atoms with Crippen LogP contribution in [0.4, 0.5) is 5.69 Å². The third kappa shape index (κ3) is 3.81. The summed E-state index contributed by atoms with van der Waals surface area (Å²) in [4.78, 5) is 10.0. The number of halogens is 1. The van der Waals surface area contributed by atoms with Crippen LogP contribution in [0.5, 0.6) is 0 Å². The Kier molecular flexibility index (Phi) is 5.19. The zero-order valence-electron chi connectivity index (χ0n) is 16.7. The lowest BCUT2D eigenvalue weighted by atomic mass is 10.1. The molecule has 0 amide bonds. The minimum atomic E-state index is 0.779. The predicted molar refractivity (Wildman–Crippen MR) is 129 cm³/mol. The summed E-state index contributed by atoms with van der Waals surface area (Å²) in [6, 6.07) is 21.5. The number of anilines is 1. The summed E-state index contributed by atoms with van der Waals surface area (Å²) in [5, 5.41) is 4.27. The SMILES string of the molecule is CCc1ccc(CN(Cc2csc3ccc(Cl)cc23)c2ccc3[nH]cnc3c2)cc1. The van der Waals surface area contributed by atoms with Crippen LogP contribution in [0.15, 0.2) is 72.4 Å². The second-order valence-electron chi connectivity index (χ2n) is 7.53. The van der Waals surface area contributed by atoms with Gasteiger partial charge in [0.2, 0.25) is 0 Å². The lowest BCUT2D eigenvalue weighted by Gasteiger charge is -2.25. The molecule has 0 bridgehead atoms. The molecular formula is C25H22ClN3S. The van der Waals surface area contributed by atoms with Crippen molar-refractivity contribution in [2.45, 2.75) is 26.4 Å². The molecule has 0 atom stereocenters. The topological polar surface area (TPSA) is 31.9 Å². The highest BCUT2D eigenvalue weighted by molar-refractivity contribution is 7.17. The van der Waals surface area contributed by atoms with E-state index >= 15 is 0 Å². The number of imidazole rings is 1. The van der Waals surface area contributed by atoms with Gasteiger partial charge in [-0.25, -0.2) is 4.98 Å². The highest BCUT2D eigenvalue weighted by Crippen LogP contribution is 2.32. The van der Waals surface area contributed by atoms with Crippen molar-refractivity contribution < 1.29 is 0 Å². The van der Waals surface area contributed by atoms with Crippen molar-refractivity contribution >= 4 is 49.7 Å². The van der Waals surface area contributed by atoms with Gasteiger partial charge in [0.1, 0.15) is 0 Å². The molecule has 2 aromatic heterocycles. The molecule has 5 rings (SSSR count). The van der Waals surface area contributed by atoms with Crippen LogP contribution < -0.4 is 4.90 Å². The minimum absolute atomic E-state index is 0.779. The lowest BCUT2D eigenvalue weighted by Crippen LogP contribution is -2.22. The Morgan fingerprint density at radius 1 is 0.967 bits per heavy atom. The quantitative estimate of drug-likeness (QED) is 0.308. The van der Waals surface area contributed by atoms with E-state index < -0.39 is 0 Å². The van der Waals surface area contributed by atoms with Gasteiger partial charge in [-0.15, -0.1) is 11.3 Å². The van der Waals surface area contributed by atoms with Crippen molar-refractivity contribution in [3.05, 3.63) is 94.1 Å². The number of H-pyrrole nitrogens is 1. The van der Waals surface area contributed by atoms with Crippen LogP contribution >= 0.6 is 22.9 Å². The first-order valence-corrected chi connectivity index (χ1v) is 11.4. The molecule has 0 aliphatic rings. The van der Waals surface area contributed by atoms with Gasteiger partial charge in [-0.2, -0.15) is 0 Å². The van der Waals surface area contributed by atoms with E-state index in [1.807, 2.05) is 6.07 Å². The van der Waals surface area contributed by atoms with Gasteiger partial charge in [0.25, 0.3) is 0 Å². The zero-order chi connectivity index (χ0) is 20.5. The van der Waals surface area contributed by atoms with E-state index in [2.05, 4.69) is 81.8 Å². The number of aryl methyl sites for hydroxylation is 1. The van der Waals surface area contributed by atoms with Crippen LogP contribution in [-0.2, 0) is 19.5 Å². The molecular weight excluding hydrogens is 410 g/mol. The van der Waals surface area contributed by atoms with Gasteiger partial charge in [0.05, 0.1) is 17.4 Å². The van der Waals surface area contributed by atoms with Crippen molar-refractivity contribution in [2.75, 3.05) is 4.90 Å². The standard InChI is InChI=1S/C25H22ClN3S/c1-2-17-3-5-18(6-4-17)13-29(21-8-9-23-24(12-21)28-16-27-23)14-19-15-30-25-10-7-20(26)11-22(19)25/h3-12,15-16H,2,13-14H2,1H3,(H,27,28). The summed E-state index contributed by atoms with van der Waals surface area (Å²) >= 11 is 8.06. The van der Waals surface area contributed by atoms with Crippen LogP contribution in [0.25, 0.3) is 21.1 Å². The van der Waals surface area contributed by atoms with Crippen molar-refractivity contribution in [3.8, 4) is 0 Å². The number of hydrogen-bond acceptors (Lipinski definition) is 3. The number of nitrogens with one attached hydrogen (secondary N) is 1. The molecule has 3 aromatic carbocycles. The number of benzene rings is 3. The van der Waals surface area contributed by atoms with Gasteiger partial charge in [-0.05, 0) is 70.3 Å². The Morgan fingerprint density at radius 3 is 2.63 bits per heavy atom. The van der Waals surface area contributed by atoms with Crippen LogP contribution in [0.2, 0.25) is 5.02 Å². The third-order valence-electron chi connectivity index (χ3n) is 5.55. The number of nitrogens with zero attached hydrogens (tertiary/aromatic N) is 2. The molecule has 3 nitrogen and oxygen atoms in total. The van der Waals surface area contributed by atoms with Crippen molar-refractivity contribution in [3.63, 3.8) is 0 Å². The average Bonchev–Trinajstić information content (AvgIpc) is 3.40. The summed E-state index contributed by atoms with van der Waals surface area (Å²) in [6.07, 6.45) is 2.80. The van der Waals surface area contributed by atoms with Crippen molar-refractivity contribution in [1.29, 1.82) is 0 Å². The lowest BCUT2D eigenvalue weighted by molar-refractivity contribution is 0.805. The summed E-state index contributed by atoms with van der Waals surface area (Å²) in [5.41, 5.74) is 7.16. The first-order valence-electron chi connectivity index (χ1n) is 10.1.